The maximum atomic E-state index is 11.3. The van der Waals surface area contributed by atoms with Gasteiger partial charge in [0.2, 0.25) is 0 Å². The number of aromatic carboxylic acids is 2. The molecule has 108 valence electrons. The Hall–Kier alpha value is -0.370. The van der Waals surface area contributed by atoms with Crippen LogP contribution in [0.15, 0.2) is 36.4 Å². The molecule has 0 atom stereocenters. The molecule has 0 bridgehead atoms. The Balaban J connectivity index is 2.48. The molecule has 7 heteroatoms. The van der Waals surface area contributed by atoms with Gasteiger partial charge in [0.15, 0.2) is 0 Å². The fraction of sp³-hybridized carbons (Fsp3) is 0. The molecule has 0 aliphatic carbocycles. The average Bonchev–Trinajstić information content (AvgIpc) is 2.42. The van der Waals surface area contributed by atoms with Gasteiger partial charge in [0.25, 0.3) is 0 Å². The van der Waals surface area contributed by atoms with Crippen molar-refractivity contribution in [3.8, 4) is 0 Å². The summed E-state index contributed by atoms with van der Waals surface area (Å²) in [6.45, 7) is 0. The molecule has 0 saturated carbocycles. The zero-order valence-electron chi connectivity index (χ0n) is 10.3. The molecule has 2 aromatic carbocycles. The van der Waals surface area contributed by atoms with E-state index in [0.717, 1.165) is 14.4 Å². The molecule has 2 rings (SSSR count). The first-order chi connectivity index (χ1) is 9.88. The molecule has 0 aromatic heterocycles. The summed E-state index contributed by atoms with van der Waals surface area (Å²) in [6, 6.07) is 10.5. The van der Waals surface area contributed by atoms with Crippen LogP contribution in [0.4, 0.5) is 0 Å². The van der Waals surface area contributed by atoms with Gasteiger partial charge in [-0.05, 0) is 0 Å². The van der Waals surface area contributed by atoms with Gasteiger partial charge in [-0.15, -0.1) is 0 Å². The van der Waals surface area contributed by atoms with Crippen molar-refractivity contribution in [1.29, 1.82) is 0 Å². The normalized spacial score (nSPS) is 10.4. The van der Waals surface area contributed by atoms with E-state index in [9.17, 15) is 19.8 Å². The summed E-state index contributed by atoms with van der Waals surface area (Å²) in [7, 11) is 0. The molecule has 0 saturated heterocycles. The van der Waals surface area contributed by atoms with E-state index in [1.165, 1.54) is 0 Å². The van der Waals surface area contributed by atoms with Crippen LogP contribution >= 0.6 is 45.2 Å². The molecular weight excluding hydrogens is 614 g/mol. The number of benzene rings is 2. The maximum absolute atomic E-state index is 11.3. The van der Waals surface area contributed by atoms with Gasteiger partial charge < -0.3 is 0 Å². The monoisotopic (exact) mass is 624 g/mol. The van der Waals surface area contributed by atoms with Crippen LogP contribution in [0.3, 0.4) is 0 Å². The first kappa shape index (κ1) is 17.0. The van der Waals surface area contributed by atoms with E-state index in [2.05, 4.69) is 45.2 Å². The standard InChI is InChI=1S/C14H8I2O4Te/c15-7-1-3-11(9(5-7)13(17)18)21-12-4-2-8(16)6-10(12)14(19)20/h1-6H,(H,17,18)(H,19,20). The number of carboxylic acids is 2. The van der Waals surface area contributed by atoms with E-state index in [-0.39, 0.29) is 11.1 Å². The van der Waals surface area contributed by atoms with Crippen molar-refractivity contribution in [2.24, 2.45) is 0 Å². The molecule has 2 N–H and O–H groups in total. The molecule has 4 nitrogen and oxygen atoms in total. The number of carboxylic acid groups (broad SMARTS) is 2. The Morgan fingerprint density at radius 2 is 1.19 bits per heavy atom. The number of halogens is 2. The van der Waals surface area contributed by atoms with Crippen LogP contribution in [0.5, 0.6) is 0 Å². The Bertz CT molecular complexity index is 669. The fourth-order valence-corrected chi connectivity index (χ4v) is 5.53. The third-order valence-electron chi connectivity index (χ3n) is 2.56. The topological polar surface area (TPSA) is 74.6 Å². The second-order valence-electron chi connectivity index (χ2n) is 3.99. The number of carbonyl (C=O) groups is 2. The van der Waals surface area contributed by atoms with Crippen molar-refractivity contribution in [1.82, 2.24) is 0 Å². The van der Waals surface area contributed by atoms with Crippen molar-refractivity contribution < 1.29 is 19.8 Å². The number of hydrogen-bond donors (Lipinski definition) is 2. The predicted octanol–water partition coefficient (Wildman–Crippen LogP) is 1.95. The zero-order chi connectivity index (χ0) is 15.6. The second-order valence-corrected chi connectivity index (χ2v) is 9.58. The van der Waals surface area contributed by atoms with Crippen LogP contribution < -0.4 is 7.22 Å². The molecule has 0 heterocycles. The molecule has 0 amide bonds. The summed E-state index contributed by atoms with van der Waals surface area (Å²) in [4.78, 5) is 22.7. The fourth-order valence-electron chi connectivity index (χ4n) is 1.64. The quantitative estimate of drug-likeness (QED) is 0.405. The van der Waals surface area contributed by atoms with Crippen molar-refractivity contribution in [2.75, 3.05) is 0 Å². The van der Waals surface area contributed by atoms with E-state index in [1.54, 1.807) is 24.3 Å². The van der Waals surface area contributed by atoms with Crippen LogP contribution in [-0.2, 0) is 0 Å². The third kappa shape index (κ3) is 4.31. The van der Waals surface area contributed by atoms with Crippen LogP contribution in [0.25, 0.3) is 0 Å². The minimum absolute atomic E-state index is 0.263. The van der Waals surface area contributed by atoms with E-state index < -0.39 is 32.9 Å². The van der Waals surface area contributed by atoms with Crippen LogP contribution in [0.2, 0.25) is 0 Å². The molecule has 0 fully saturated rings. The van der Waals surface area contributed by atoms with E-state index in [0.29, 0.717) is 0 Å². The molecule has 0 spiro atoms. The predicted molar refractivity (Wildman–Crippen MR) is 97.3 cm³/mol. The molecule has 2 aromatic rings. The Morgan fingerprint density at radius 1 is 0.810 bits per heavy atom. The molecule has 0 aliphatic rings. The van der Waals surface area contributed by atoms with Gasteiger partial charge in [-0.1, -0.05) is 0 Å². The third-order valence-corrected chi connectivity index (χ3v) is 7.19. The van der Waals surface area contributed by atoms with Gasteiger partial charge in [-0.2, -0.15) is 0 Å². The van der Waals surface area contributed by atoms with Crippen LogP contribution in [0, 0.1) is 7.14 Å². The second kappa shape index (κ2) is 7.26. The van der Waals surface area contributed by atoms with Gasteiger partial charge in [0, 0.05) is 0 Å². The first-order valence-corrected chi connectivity index (χ1v) is 10.1. The van der Waals surface area contributed by atoms with Gasteiger partial charge >= 0.3 is 160 Å². The Morgan fingerprint density at radius 3 is 1.52 bits per heavy atom. The minimum atomic E-state index is -1.08. The van der Waals surface area contributed by atoms with Crippen LogP contribution in [0.1, 0.15) is 20.7 Å². The number of hydrogen-bond acceptors (Lipinski definition) is 2. The van der Waals surface area contributed by atoms with E-state index >= 15 is 0 Å². The molecule has 21 heavy (non-hydrogen) atoms. The van der Waals surface area contributed by atoms with Gasteiger partial charge in [0.1, 0.15) is 0 Å². The summed E-state index contributed by atoms with van der Waals surface area (Å²) >= 11 is 3.04. The summed E-state index contributed by atoms with van der Waals surface area (Å²) in [6.07, 6.45) is 0. The summed E-state index contributed by atoms with van der Waals surface area (Å²) in [5, 5.41) is 18.6. The first-order valence-electron chi connectivity index (χ1n) is 5.62. The average molecular weight is 622 g/mol. The van der Waals surface area contributed by atoms with Crippen molar-refractivity contribution in [2.45, 2.75) is 0 Å². The van der Waals surface area contributed by atoms with E-state index in [4.69, 9.17) is 0 Å². The van der Waals surface area contributed by atoms with Crippen molar-refractivity contribution >= 4 is 85.3 Å². The van der Waals surface area contributed by atoms with E-state index in [1.807, 2.05) is 12.1 Å². The molecule has 0 aliphatic heterocycles. The SMILES string of the molecule is O=C(O)c1cc(I)ccc1[Te]c1ccc(I)cc1C(=O)O. The zero-order valence-corrected chi connectivity index (χ0v) is 17.0. The van der Waals surface area contributed by atoms with Gasteiger partial charge in [-0.25, -0.2) is 0 Å². The molecular formula is C14H8I2O4Te. The molecule has 0 radical (unpaired) electrons. The number of rotatable bonds is 4. The summed E-state index contributed by atoms with van der Waals surface area (Å²) in [5.74, 6) is -1.95. The Labute approximate surface area is 158 Å². The summed E-state index contributed by atoms with van der Waals surface area (Å²) in [5.41, 5.74) is 0.526. The Kier molecular flexibility index (Phi) is 5.88. The van der Waals surface area contributed by atoms with Gasteiger partial charge in [0.05, 0.1) is 0 Å². The van der Waals surface area contributed by atoms with Crippen molar-refractivity contribution in [3.63, 3.8) is 0 Å². The molecule has 0 unspecified atom stereocenters. The summed E-state index contributed by atoms with van der Waals surface area (Å²) < 4.78 is 3.17. The van der Waals surface area contributed by atoms with Crippen LogP contribution in [-0.4, -0.2) is 43.1 Å². The van der Waals surface area contributed by atoms with Gasteiger partial charge in [-0.3, -0.25) is 0 Å². The van der Waals surface area contributed by atoms with Crippen molar-refractivity contribution in [3.05, 3.63) is 54.7 Å².